The molecule has 0 bridgehead atoms. The summed E-state index contributed by atoms with van der Waals surface area (Å²) in [5.41, 5.74) is 7.43. The lowest BCUT2D eigenvalue weighted by Crippen LogP contribution is -1.97. The SMILES string of the molecule is [C-]#[N+]c1ccc2c(c1)c1ccc(-n3c4ccccc4c4ccccc43)cc1n2-c1ccc2c3ccccc3c3ccccc3c2c1. The fourth-order valence-corrected chi connectivity index (χ4v) is 7.72. The van der Waals surface area contributed by atoms with Crippen LogP contribution >= 0.6 is 0 Å². The maximum Gasteiger partial charge on any atom is 0.188 e. The second kappa shape index (κ2) is 9.32. The molecule has 0 unspecified atom stereocenters. The van der Waals surface area contributed by atoms with E-state index in [1.807, 2.05) is 12.1 Å². The summed E-state index contributed by atoms with van der Waals surface area (Å²) in [5, 5.41) is 12.2. The lowest BCUT2D eigenvalue weighted by molar-refractivity contribution is 1.16. The standard InChI is InChI=1S/C43H25N3/c1-44-27-18-23-42-39(24-27)37-22-20-29(45-40-16-8-6-14-35(40)36-15-7-9-17-41(36)45)26-43(37)46(42)28-19-21-34-32-12-3-2-10-30(32)31-11-4-5-13-33(31)38(34)25-28/h2-26H. The van der Waals surface area contributed by atoms with Crippen molar-refractivity contribution >= 4 is 81.6 Å². The van der Waals surface area contributed by atoms with Crippen molar-refractivity contribution < 1.29 is 0 Å². The predicted molar refractivity (Wildman–Crippen MR) is 194 cm³/mol. The Morgan fingerprint density at radius 2 is 0.761 bits per heavy atom. The molecular weight excluding hydrogens is 558 g/mol. The molecule has 0 aliphatic carbocycles. The third kappa shape index (κ3) is 3.36. The minimum absolute atomic E-state index is 0.647. The van der Waals surface area contributed by atoms with Gasteiger partial charge < -0.3 is 9.13 Å². The zero-order valence-corrected chi connectivity index (χ0v) is 24.8. The third-order valence-electron chi connectivity index (χ3n) is 9.69. The molecule has 3 heteroatoms. The molecular formula is C43H25N3. The molecule has 10 rings (SSSR count). The van der Waals surface area contributed by atoms with Crippen LogP contribution < -0.4 is 0 Å². The van der Waals surface area contributed by atoms with Gasteiger partial charge in [0.05, 0.1) is 28.6 Å². The van der Waals surface area contributed by atoms with E-state index in [0.29, 0.717) is 5.69 Å². The van der Waals surface area contributed by atoms with Crippen LogP contribution in [0, 0.1) is 6.57 Å². The fourth-order valence-electron chi connectivity index (χ4n) is 7.72. The Labute approximate surface area is 264 Å². The topological polar surface area (TPSA) is 14.2 Å². The average molecular weight is 584 g/mol. The second-order valence-corrected chi connectivity index (χ2v) is 12.0. The van der Waals surface area contributed by atoms with Gasteiger partial charge in [0.15, 0.2) is 5.69 Å². The van der Waals surface area contributed by atoms with Crippen LogP contribution in [0.3, 0.4) is 0 Å². The molecule has 0 aliphatic rings. The van der Waals surface area contributed by atoms with Crippen LogP contribution in [0.5, 0.6) is 0 Å². The molecule has 2 heterocycles. The molecule has 2 aromatic heterocycles. The summed E-state index contributed by atoms with van der Waals surface area (Å²) in [4.78, 5) is 3.78. The van der Waals surface area contributed by atoms with E-state index < -0.39 is 0 Å². The minimum Gasteiger partial charge on any atom is -0.309 e. The highest BCUT2D eigenvalue weighted by Gasteiger charge is 2.18. The van der Waals surface area contributed by atoms with Crippen molar-refractivity contribution in [2.45, 2.75) is 0 Å². The predicted octanol–water partition coefficient (Wildman–Crippen LogP) is 11.9. The Bertz CT molecular complexity index is 2840. The van der Waals surface area contributed by atoms with Gasteiger partial charge >= 0.3 is 0 Å². The van der Waals surface area contributed by atoms with Gasteiger partial charge in [-0.3, -0.25) is 0 Å². The first-order chi connectivity index (χ1) is 22.8. The first-order valence-corrected chi connectivity index (χ1v) is 15.6. The van der Waals surface area contributed by atoms with Gasteiger partial charge in [-0.05, 0) is 86.2 Å². The van der Waals surface area contributed by atoms with Crippen molar-refractivity contribution in [2.75, 3.05) is 0 Å². The van der Waals surface area contributed by atoms with E-state index in [9.17, 15) is 0 Å². The van der Waals surface area contributed by atoms with E-state index in [2.05, 4.69) is 154 Å². The van der Waals surface area contributed by atoms with Crippen LogP contribution in [0.15, 0.2) is 152 Å². The zero-order chi connectivity index (χ0) is 30.4. The van der Waals surface area contributed by atoms with Crippen LogP contribution in [0.1, 0.15) is 0 Å². The largest absolute Gasteiger partial charge is 0.309 e. The Morgan fingerprint density at radius 1 is 0.326 bits per heavy atom. The van der Waals surface area contributed by atoms with Crippen molar-refractivity contribution in [3.05, 3.63) is 163 Å². The number of fused-ring (bicyclic) bond motifs is 12. The number of aromatic nitrogens is 2. The number of hydrogen-bond donors (Lipinski definition) is 0. The van der Waals surface area contributed by atoms with E-state index in [0.717, 1.165) is 33.2 Å². The molecule has 212 valence electrons. The number of hydrogen-bond acceptors (Lipinski definition) is 0. The van der Waals surface area contributed by atoms with Gasteiger partial charge in [0.25, 0.3) is 0 Å². The Morgan fingerprint density at radius 3 is 1.37 bits per heavy atom. The Balaban J connectivity index is 1.32. The molecule has 0 radical (unpaired) electrons. The summed E-state index contributed by atoms with van der Waals surface area (Å²) in [6, 6.07) is 54.4. The second-order valence-electron chi connectivity index (χ2n) is 12.0. The van der Waals surface area contributed by atoms with Crippen molar-refractivity contribution in [1.82, 2.24) is 9.13 Å². The maximum atomic E-state index is 7.73. The normalized spacial score (nSPS) is 11.9. The molecule has 10 aromatic rings. The van der Waals surface area contributed by atoms with Crippen LogP contribution in [0.25, 0.3) is 92.1 Å². The Kier molecular flexibility index (Phi) is 5.06. The lowest BCUT2D eigenvalue weighted by Gasteiger charge is -2.14. The number of para-hydroxylation sites is 2. The van der Waals surface area contributed by atoms with Gasteiger partial charge in [-0.2, -0.15) is 0 Å². The summed E-state index contributed by atoms with van der Waals surface area (Å²) in [6.07, 6.45) is 0. The number of rotatable bonds is 2. The van der Waals surface area contributed by atoms with E-state index in [-0.39, 0.29) is 0 Å². The summed E-state index contributed by atoms with van der Waals surface area (Å²) < 4.78 is 4.75. The fraction of sp³-hybridized carbons (Fsp3) is 0. The van der Waals surface area contributed by atoms with E-state index >= 15 is 0 Å². The van der Waals surface area contributed by atoms with Gasteiger partial charge in [-0.1, -0.05) is 103 Å². The van der Waals surface area contributed by atoms with Crippen molar-refractivity contribution in [2.24, 2.45) is 0 Å². The maximum absolute atomic E-state index is 7.73. The molecule has 8 aromatic carbocycles. The van der Waals surface area contributed by atoms with Crippen molar-refractivity contribution in [1.29, 1.82) is 0 Å². The summed E-state index contributed by atoms with van der Waals surface area (Å²) in [5.74, 6) is 0. The smallest absolute Gasteiger partial charge is 0.188 e. The molecule has 0 amide bonds. The third-order valence-corrected chi connectivity index (χ3v) is 9.69. The van der Waals surface area contributed by atoms with E-state index in [4.69, 9.17) is 6.57 Å². The summed E-state index contributed by atoms with van der Waals surface area (Å²) in [7, 11) is 0. The molecule has 0 aliphatic heterocycles. The van der Waals surface area contributed by atoms with Gasteiger partial charge in [0.1, 0.15) is 0 Å². The zero-order valence-electron chi connectivity index (χ0n) is 24.8. The molecule has 0 spiro atoms. The monoisotopic (exact) mass is 583 g/mol. The van der Waals surface area contributed by atoms with Gasteiger partial charge in [0, 0.05) is 27.5 Å². The van der Waals surface area contributed by atoms with Crippen LogP contribution in [-0.4, -0.2) is 9.13 Å². The molecule has 0 N–H and O–H groups in total. The quantitative estimate of drug-likeness (QED) is 0.142. The van der Waals surface area contributed by atoms with Crippen molar-refractivity contribution in [3.8, 4) is 11.4 Å². The highest BCUT2D eigenvalue weighted by Crippen LogP contribution is 2.40. The molecule has 0 saturated heterocycles. The summed E-state index contributed by atoms with van der Waals surface area (Å²) in [6.45, 7) is 7.73. The lowest BCUT2D eigenvalue weighted by atomic mass is 9.94. The van der Waals surface area contributed by atoms with Crippen LogP contribution in [0.4, 0.5) is 5.69 Å². The van der Waals surface area contributed by atoms with Gasteiger partial charge in [-0.25, -0.2) is 4.85 Å². The van der Waals surface area contributed by atoms with Gasteiger partial charge in [0.2, 0.25) is 0 Å². The van der Waals surface area contributed by atoms with E-state index in [1.165, 1.54) is 54.1 Å². The number of benzene rings is 8. The van der Waals surface area contributed by atoms with Crippen LogP contribution in [0.2, 0.25) is 0 Å². The highest BCUT2D eigenvalue weighted by molar-refractivity contribution is 6.25. The number of nitrogens with zero attached hydrogens (tertiary/aromatic N) is 3. The highest BCUT2D eigenvalue weighted by atomic mass is 15.0. The molecule has 0 fully saturated rings. The first kappa shape index (κ1) is 25.0. The minimum atomic E-state index is 0.647. The van der Waals surface area contributed by atoms with Crippen LogP contribution in [-0.2, 0) is 0 Å². The Hall–Kier alpha value is -6.37. The first-order valence-electron chi connectivity index (χ1n) is 15.6. The average Bonchev–Trinajstić information content (AvgIpc) is 3.63. The molecule has 46 heavy (non-hydrogen) atoms. The van der Waals surface area contributed by atoms with Crippen molar-refractivity contribution in [3.63, 3.8) is 0 Å². The molecule has 3 nitrogen and oxygen atoms in total. The summed E-state index contributed by atoms with van der Waals surface area (Å²) >= 11 is 0. The molecule has 0 saturated carbocycles. The van der Waals surface area contributed by atoms with Gasteiger partial charge in [-0.15, -0.1) is 0 Å². The molecule has 0 atom stereocenters. The van der Waals surface area contributed by atoms with E-state index in [1.54, 1.807) is 0 Å².